The molecule has 0 bridgehead atoms. The number of carbonyl (C=O) groups is 1. The number of hydrogen-bond donors (Lipinski definition) is 1. The second-order valence-electron chi connectivity index (χ2n) is 4.73. The molecule has 0 aliphatic carbocycles. The van der Waals surface area contributed by atoms with Crippen molar-refractivity contribution >= 4 is 12.0 Å². The first kappa shape index (κ1) is 14.1. The van der Waals surface area contributed by atoms with E-state index in [0.29, 0.717) is 18.7 Å². The van der Waals surface area contributed by atoms with Crippen LogP contribution in [0.15, 0.2) is 43.0 Å². The molecule has 0 unspecified atom stereocenters. The van der Waals surface area contributed by atoms with E-state index in [4.69, 9.17) is 9.47 Å². The molecular formula is C16H15N3O3. The third-order valence-electron chi connectivity index (χ3n) is 3.15. The Morgan fingerprint density at radius 3 is 2.91 bits per heavy atom. The third-order valence-corrected chi connectivity index (χ3v) is 3.15. The van der Waals surface area contributed by atoms with Crippen molar-refractivity contribution in [3.05, 3.63) is 54.1 Å². The topological polar surface area (TPSA) is 73.3 Å². The quantitative estimate of drug-likeness (QED) is 0.848. The summed E-state index contributed by atoms with van der Waals surface area (Å²) in [6.45, 7) is 0.782. The SMILES string of the molecule is O=C(C=Cc1ccc2c(c1)OCO2)NCCc1cncnc1. The van der Waals surface area contributed by atoms with Crippen molar-refractivity contribution in [1.82, 2.24) is 15.3 Å². The normalized spacial score (nSPS) is 12.5. The zero-order chi connectivity index (χ0) is 15.2. The molecule has 1 N–H and O–H groups in total. The Bertz CT molecular complexity index is 686. The van der Waals surface area contributed by atoms with Crippen LogP contribution in [0.3, 0.4) is 0 Å². The predicted molar refractivity (Wildman–Crippen MR) is 80.3 cm³/mol. The number of nitrogens with one attached hydrogen (secondary N) is 1. The Labute approximate surface area is 127 Å². The molecule has 22 heavy (non-hydrogen) atoms. The summed E-state index contributed by atoms with van der Waals surface area (Å²) >= 11 is 0. The fourth-order valence-electron chi connectivity index (χ4n) is 2.04. The number of amides is 1. The molecule has 1 aliphatic rings. The molecule has 0 atom stereocenters. The van der Waals surface area contributed by atoms with Gasteiger partial charge in [0.1, 0.15) is 6.33 Å². The van der Waals surface area contributed by atoms with Gasteiger partial charge < -0.3 is 14.8 Å². The molecule has 0 saturated carbocycles. The van der Waals surface area contributed by atoms with Gasteiger partial charge in [-0.25, -0.2) is 9.97 Å². The molecule has 2 heterocycles. The van der Waals surface area contributed by atoms with Gasteiger partial charge in [0.25, 0.3) is 0 Å². The molecule has 112 valence electrons. The molecule has 3 rings (SSSR count). The van der Waals surface area contributed by atoms with Gasteiger partial charge >= 0.3 is 0 Å². The van der Waals surface area contributed by atoms with Crippen LogP contribution < -0.4 is 14.8 Å². The van der Waals surface area contributed by atoms with Crippen molar-refractivity contribution in [3.63, 3.8) is 0 Å². The minimum atomic E-state index is -0.144. The highest BCUT2D eigenvalue weighted by atomic mass is 16.7. The monoisotopic (exact) mass is 297 g/mol. The van der Waals surface area contributed by atoms with Gasteiger partial charge in [0.2, 0.25) is 12.7 Å². The zero-order valence-corrected chi connectivity index (χ0v) is 11.9. The summed E-state index contributed by atoms with van der Waals surface area (Å²) in [6.07, 6.45) is 8.89. The van der Waals surface area contributed by atoms with Crippen LogP contribution in [0.2, 0.25) is 0 Å². The number of benzene rings is 1. The lowest BCUT2D eigenvalue weighted by Crippen LogP contribution is -2.23. The fraction of sp³-hybridized carbons (Fsp3) is 0.188. The first-order chi connectivity index (χ1) is 10.8. The summed E-state index contributed by atoms with van der Waals surface area (Å²) in [6, 6.07) is 5.54. The number of fused-ring (bicyclic) bond motifs is 1. The molecule has 1 amide bonds. The van der Waals surface area contributed by atoms with Gasteiger partial charge in [-0.2, -0.15) is 0 Å². The number of ether oxygens (including phenoxy) is 2. The summed E-state index contributed by atoms with van der Waals surface area (Å²) in [5, 5.41) is 2.82. The van der Waals surface area contributed by atoms with Gasteiger partial charge in [-0.1, -0.05) is 6.07 Å². The maximum absolute atomic E-state index is 11.8. The van der Waals surface area contributed by atoms with Gasteiger partial charge in [-0.15, -0.1) is 0 Å². The number of nitrogens with zero attached hydrogens (tertiary/aromatic N) is 2. The van der Waals surface area contributed by atoms with E-state index in [9.17, 15) is 4.79 Å². The average Bonchev–Trinajstić information content (AvgIpc) is 3.01. The number of aromatic nitrogens is 2. The van der Waals surface area contributed by atoms with Crippen molar-refractivity contribution in [2.24, 2.45) is 0 Å². The van der Waals surface area contributed by atoms with Crippen LogP contribution >= 0.6 is 0 Å². The third kappa shape index (κ3) is 3.60. The van der Waals surface area contributed by atoms with Crippen molar-refractivity contribution in [2.75, 3.05) is 13.3 Å². The van der Waals surface area contributed by atoms with Crippen LogP contribution in [0.1, 0.15) is 11.1 Å². The smallest absolute Gasteiger partial charge is 0.244 e. The summed E-state index contributed by atoms with van der Waals surface area (Å²) < 4.78 is 10.5. The van der Waals surface area contributed by atoms with Crippen LogP contribution in [-0.4, -0.2) is 29.2 Å². The van der Waals surface area contributed by atoms with Crippen molar-refractivity contribution < 1.29 is 14.3 Å². The lowest BCUT2D eigenvalue weighted by atomic mass is 10.2. The highest BCUT2D eigenvalue weighted by molar-refractivity contribution is 5.91. The van der Waals surface area contributed by atoms with Gasteiger partial charge in [-0.3, -0.25) is 4.79 Å². The summed E-state index contributed by atoms with van der Waals surface area (Å²) in [5.74, 6) is 1.29. The zero-order valence-electron chi connectivity index (χ0n) is 11.9. The summed E-state index contributed by atoms with van der Waals surface area (Å²) in [7, 11) is 0. The first-order valence-electron chi connectivity index (χ1n) is 6.91. The maximum Gasteiger partial charge on any atom is 0.244 e. The van der Waals surface area contributed by atoms with E-state index < -0.39 is 0 Å². The first-order valence-corrected chi connectivity index (χ1v) is 6.91. The van der Waals surface area contributed by atoms with Gasteiger partial charge in [-0.05, 0) is 35.8 Å². The standard InChI is InChI=1S/C16H15N3O3/c20-16(19-6-5-13-8-17-10-18-9-13)4-2-12-1-3-14-15(7-12)22-11-21-14/h1-4,7-10H,5-6,11H2,(H,19,20). The van der Waals surface area contributed by atoms with Gasteiger partial charge in [0.05, 0.1) is 0 Å². The Kier molecular flexibility index (Phi) is 4.29. The Hall–Kier alpha value is -2.89. The largest absolute Gasteiger partial charge is 0.454 e. The molecule has 0 radical (unpaired) electrons. The molecule has 0 fully saturated rings. The second-order valence-corrected chi connectivity index (χ2v) is 4.73. The van der Waals surface area contributed by atoms with Crippen LogP contribution in [0.25, 0.3) is 6.08 Å². The molecule has 1 aliphatic heterocycles. The molecule has 1 aromatic heterocycles. The Morgan fingerprint density at radius 2 is 2.05 bits per heavy atom. The number of rotatable bonds is 5. The van der Waals surface area contributed by atoms with Crippen LogP contribution in [0.4, 0.5) is 0 Å². The van der Waals surface area contributed by atoms with Crippen LogP contribution in [0, 0.1) is 0 Å². The van der Waals surface area contributed by atoms with E-state index in [-0.39, 0.29) is 12.7 Å². The van der Waals surface area contributed by atoms with Crippen LogP contribution in [0.5, 0.6) is 11.5 Å². The van der Waals surface area contributed by atoms with Crippen molar-refractivity contribution in [3.8, 4) is 11.5 Å². The molecule has 1 aromatic carbocycles. The summed E-state index contributed by atoms with van der Waals surface area (Å²) in [4.78, 5) is 19.6. The fourth-order valence-corrected chi connectivity index (χ4v) is 2.04. The lowest BCUT2D eigenvalue weighted by Gasteiger charge is -2.02. The van der Waals surface area contributed by atoms with E-state index in [1.54, 1.807) is 18.5 Å². The second kappa shape index (κ2) is 6.71. The van der Waals surface area contributed by atoms with E-state index in [1.807, 2.05) is 18.2 Å². The predicted octanol–water partition coefficient (Wildman–Crippen LogP) is 1.58. The minimum Gasteiger partial charge on any atom is -0.454 e. The molecule has 0 saturated heterocycles. The molecule has 6 nitrogen and oxygen atoms in total. The molecule has 6 heteroatoms. The number of carbonyl (C=O) groups excluding carboxylic acids is 1. The highest BCUT2D eigenvalue weighted by Crippen LogP contribution is 2.32. The number of hydrogen-bond acceptors (Lipinski definition) is 5. The molecule has 2 aromatic rings. The molecular weight excluding hydrogens is 282 g/mol. The summed E-state index contributed by atoms with van der Waals surface area (Å²) in [5.41, 5.74) is 1.87. The average molecular weight is 297 g/mol. The van der Waals surface area contributed by atoms with Crippen molar-refractivity contribution in [1.29, 1.82) is 0 Å². The minimum absolute atomic E-state index is 0.144. The van der Waals surface area contributed by atoms with Gasteiger partial charge in [0.15, 0.2) is 11.5 Å². The lowest BCUT2D eigenvalue weighted by molar-refractivity contribution is -0.116. The Morgan fingerprint density at radius 1 is 1.23 bits per heavy atom. The van der Waals surface area contributed by atoms with Crippen LogP contribution in [-0.2, 0) is 11.2 Å². The Balaban J connectivity index is 1.49. The highest BCUT2D eigenvalue weighted by Gasteiger charge is 2.12. The van der Waals surface area contributed by atoms with E-state index in [1.165, 1.54) is 12.4 Å². The van der Waals surface area contributed by atoms with E-state index in [0.717, 1.165) is 16.9 Å². The van der Waals surface area contributed by atoms with E-state index >= 15 is 0 Å². The maximum atomic E-state index is 11.8. The van der Waals surface area contributed by atoms with Crippen molar-refractivity contribution in [2.45, 2.75) is 6.42 Å². The van der Waals surface area contributed by atoms with E-state index in [2.05, 4.69) is 15.3 Å². The molecule has 0 spiro atoms. The van der Waals surface area contributed by atoms with Gasteiger partial charge in [0, 0.05) is 25.0 Å².